The smallest absolute Gasteiger partial charge is 0.253 e. The zero-order valence-electron chi connectivity index (χ0n) is 24.7. The van der Waals surface area contributed by atoms with Gasteiger partial charge >= 0.3 is 0 Å². The van der Waals surface area contributed by atoms with Crippen molar-refractivity contribution in [3.05, 3.63) is 99.7 Å². The third-order valence-corrected chi connectivity index (χ3v) is 11.8. The minimum Gasteiger partial charge on any atom is -0.402 e. The SMILES string of the molecule is C=C(/C=C\C=C(\C)N)N1CCN(Cc2cnc(C3=CC4=CC=CC(N(CCOCC)S(=O)(=O)c5cccs5)C4N3)s2)CC1. The van der Waals surface area contributed by atoms with Crippen molar-refractivity contribution < 1.29 is 13.2 Å². The van der Waals surface area contributed by atoms with Crippen molar-refractivity contribution in [1.29, 1.82) is 0 Å². The second-order valence-electron chi connectivity index (χ2n) is 10.6. The number of hydrogen-bond acceptors (Lipinski definition) is 10. The van der Waals surface area contributed by atoms with E-state index in [2.05, 4.69) is 27.8 Å². The van der Waals surface area contributed by atoms with Crippen molar-refractivity contribution in [2.45, 2.75) is 36.7 Å². The van der Waals surface area contributed by atoms with E-state index in [1.807, 2.05) is 56.5 Å². The van der Waals surface area contributed by atoms with E-state index < -0.39 is 16.1 Å². The maximum Gasteiger partial charge on any atom is 0.253 e. The zero-order chi connectivity index (χ0) is 30.4. The van der Waals surface area contributed by atoms with Crippen LogP contribution in [0, 0.1) is 0 Å². The Morgan fingerprint density at radius 3 is 2.86 bits per heavy atom. The van der Waals surface area contributed by atoms with Crippen molar-refractivity contribution in [3.63, 3.8) is 0 Å². The van der Waals surface area contributed by atoms with Gasteiger partial charge in [-0.15, -0.1) is 22.7 Å². The third-order valence-electron chi connectivity index (χ3n) is 7.56. The molecule has 3 aliphatic rings. The minimum absolute atomic E-state index is 0.205. The summed E-state index contributed by atoms with van der Waals surface area (Å²) in [4.78, 5) is 10.7. The van der Waals surface area contributed by atoms with Crippen LogP contribution in [0.4, 0.5) is 0 Å². The maximum absolute atomic E-state index is 13.7. The minimum atomic E-state index is -3.70. The summed E-state index contributed by atoms with van der Waals surface area (Å²) < 4.78 is 34.9. The lowest BCUT2D eigenvalue weighted by molar-refractivity contribution is 0.128. The molecule has 12 heteroatoms. The number of rotatable bonds is 13. The fourth-order valence-corrected chi connectivity index (χ4v) is 8.98. The Balaban J connectivity index is 1.22. The summed E-state index contributed by atoms with van der Waals surface area (Å²) in [6, 6.07) is 2.83. The second-order valence-corrected chi connectivity index (χ2v) is 14.8. The monoisotopic (exact) mass is 640 g/mol. The van der Waals surface area contributed by atoms with Gasteiger partial charge in [0.1, 0.15) is 9.22 Å². The van der Waals surface area contributed by atoms with E-state index in [1.165, 1.54) is 16.2 Å². The van der Waals surface area contributed by atoms with Gasteiger partial charge < -0.3 is 20.7 Å². The van der Waals surface area contributed by atoms with Crippen molar-refractivity contribution in [1.82, 2.24) is 24.4 Å². The van der Waals surface area contributed by atoms with Gasteiger partial charge in [-0.2, -0.15) is 4.31 Å². The highest BCUT2D eigenvalue weighted by Gasteiger charge is 2.40. The van der Waals surface area contributed by atoms with E-state index in [0.29, 0.717) is 17.4 Å². The molecule has 5 rings (SSSR count). The van der Waals surface area contributed by atoms with Crippen LogP contribution in [-0.4, -0.2) is 85.5 Å². The molecule has 4 heterocycles. The fourth-order valence-electron chi connectivity index (χ4n) is 5.35. The molecule has 0 aromatic carbocycles. The number of nitrogens with two attached hydrogens (primary N) is 1. The first-order valence-corrected chi connectivity index (χ1v) is 17.6. The number of aromatic nitrogens is 1. The number of nitrogens with zero attached hydrogens (tertiary/aromatic N) is 4. The summed E-state index contributed by atoms with van der Waals surface area (Å²) in [5.41, 5.74) is 9.45. The van der Waals surface area contributed by atoms with Crippen LogP contribution in [0.5, 0.6) is 0 Å². The number of nitrogens with one attached hydrogen (secondary N) is 1. The van der Waals surface area contributed by atoms with Gasteiger partial charge in [-0.05, 0) is 49.1 Å². The Hall–Kier alpha value is -3.00. The Morgan fingerprint density at radius 2 is 2.14 bits per heavy atom. The maximum atomic E-state index is 13.7. The largest absolute Gasteiger partial charge is 0.402 e. The molecular formula is C31H40N6O3S3. The topological polar surface area (TPSA) is 104 Å². The van der Waals surface area contributed by atoms with Crippen LogP contribution >= 0.6 is 22.7 Å². The van der Waals surface area contributed by atoms with E-state index in [9.17, 15) is 8.42 Å². The van der Waals surface area contributed by atoms with Crippen LogP contribution in [0.15, 0.2) is 94.0 Å². The van der Waals surface area contributed by atoms with Gasteiger partial charge in [-0.25, -0.2) is 13.4 Å². The van der Waals surface area contributed by atoms with Gasteiger partial charge in [0, 0.05) is 68.3 Å². The molecule has 43 heavy (non-hydrogen) atoms. The van der Waals surface area contributed by atoms with Crippen molar-refractivity contribution in [2.75, 3.05) is 45.9 Å². The predicted molar refractivity (Wildman–Crippen MR) is 176 cm³/mol. The number of sulfonamides is 1. The molecule has 9 nitrogen and oxygen atoms in total. The molecule has 2 aromatic heterocycles. The number of thiazole rings is 1. The summed E-state index contributed by atoms with van der Waals surface area (Å²) in [5, 5.41) is 6.30. The van der Waals surface area contributed by atoms with Gasteiger partial charge in [0.05, 0.1) is 24.4 Å². The summed E-state index contributed by atoms with van der Waals surface area (Å²) in [6.45, 7) is 13.7. The molecule has 0 radical (unpaired) electrons. The van der Waals surface area contributed by atoms with E-state index in [-0.39, 0.29) is 12.6 Å². The molecule has 0 saturated carbocycles. The van der Waals surface area contributed by atoms with Gasteiger partial charge in [-0.3, -0.25) is 4.90 Å². The van der Waals surface area contributed by atoms with Crippen molar-refractivity contribution >= 4 is 38.4 Å². The molecule has 0 spiro atoms. The Morgan fingerprint density at radius 1 is 1.33 bits per heavy atom. The Kier molecular flexibility index (Phi) is 10.4. The average molecular weight is 641 g/mol. The lowest BCUT2D eigenvalue weighted by Gasteiger charge is -2.36. The van der Waals surface area contributed by atoms with Crippen LogP contribution < -0.4 is 11.1 Å². The van der Waals surface area contributed by atoms with Crippen molar-refractivity contribution in [3.8, 4) is 0 Å². The van der Waals surface area contributed by atoms with Crippen LogP contribution in [0.25, 0.3) is 5.70 Å². The zero-order valence-corrected chi connectivity index (χ0v) is 27.1. The third kappa shape index (κ3) is 7.57. The van der Waals surface area contributed by atoms with Gasteiger partial charge in [0.15, 0.2) is 0 Å². The Bertz CT molecular complexity index is 1530. The Labute approximate surface area is 263 Å². The molecule has 1 aliphatic carbocycles. The molecule has 3 N–H and O–H groups in total. The normalized spacial score (nSPS) is 21.3. The fraction of sp³-hybridized carbons (Fsp3) is 0.387. The first kappa shape index (κ1) is 31.4. The molecule has 2 unspecified atom stereocenters. The summed E-state index contributed by atoms with van der Waals surface area (Å²) in [6.07, 6.45) is 15.8. The van der Waals surface area contributed by atoms with Gasteiger partial charge in [0.25, 0.3) is 10.0 Å². The average Bonchev–Trinajstić information content (AvgIpc) is 3.77. The highest BCUT2D eigenvalue weighted by atomic mass is 32.2. The van der Waals surface area contributed by atoms with E-state index in [1.54, 1.807) is 33.2 Å². The first-order valence-electron chi connectivity index (χ1n) is 14.5. The molecule has 2 aromatic rings. The van der Waals surface area contributed by atoms with Gasteiger partial charge in [0.2, 0.25) is 0 Å². The molecule has 230 valence electrons. The predicted octanol–water partition coefficient (Wildman–Crippen LogP) is 4.16. The quantitative estimate of drug-likeness (QED) is 0.249. The number of fused-ring (bicyclic) bond motifs is 1. The standard InChI is InChI=1S/C31H40N6O3S3/c1-4-40-18-17-37(43(38,39)29-12-7-19-41-29)28-11-6-10-25-20-27(34-30(25)28)31-33-21-26(42-31)22-35-13-15-36(16-14-35)24(3)9-5-8-23(2)32/h5-12,19-21,28,30,34H,3-4,13-18,22,32H2,1-2H3/b9-5-,23-8-. The number of ether oxygens (including phenoxy) is 1. The van der Waals surface area contributed by atoms with Crippen molar-refractivity contribution in [2.24, 2.45) is 5.73 Å². The molecular weight excluding hydrogens is 601 g/mol. The molecule has 0 amide bonds. The molecule has 1 fully saturated rings. The number of allylic oxidation sites excluding steroid dienone is 6. The summed E-state index contributed by atoms with van der Waals surface area (Å²) in [5.74, 6) is 0. The highest BCUT2D eigenvalue weighted by molar-refractivity contribution is 7.91. The van der Waals surface area contributed by atoms with E-state index in [4.69, 9.17) is 15.5 Å². The number of piperazine rings is 1. The lowest BCUT2D eigenvalue weighted by Crippen LogP contribution is -2.51. The van der Waals surface area contributed by atoms with Crippen LogP contribution in [0.2, 0.25) is 0 Å². The second kappa shape index (κ2) is 14.2. The molecule has 2 atom stereocenters. The number of thiophene rings is 1. The van der Waals surface area contributed by atoms with Crippen LogP contribution in [-0.2, 0) is 21.3 Å². The van der Waals surface area contributed by atoms with Crippen LogP contribution in [0.1, 0.15) is 23.7 Å². The van der Waals surface area contributed by atoms with Crippen LogP contribution in [0.3, 0.4) is 0 Å². The van der Waals surface area contributed by atoms with E-state index in [0.717, 1.165) is 60.4 Å². The molecule has 2 aliphatic heterocycles. The molecule has 1 saturated heterocycles. The first-order chi connectivity index (χ1) is 20.8. The lowest BCUT2D eigenvalue weighted by atomic mass is 9.96. The summed E-state index contributed by atoms with van der Waals surface area (Å²) in [7, 11) is -3.70. The van der Waals surface area contributed by atoms with Gasteiger partial charge in [-0.1, -0.05) is 36.9 Å². The highest BCUT2D eigenvalue weighted by Crippen LogP contribution is 2.34. The molecule has 0 bridgehead atoms. The number of hydrogen-bond donors (Lipinski definition) is 2. The van der Waals surface area contributed by atoms with E-state index >= 15 is 0 Å². The summed E-state index contributed by atoms with van der Waals surface area (Å²) >= 11 is 2.91.